The molecule has 3 aromatic rings. The molecule has 1 aliphatic rings. The molecule has 0 N–H and O–H groups in total. The van der Waals surface area contributed by atoms with E-state index in [4.69, 9.17) is 4.42 Å². The molecule has 178 valence electrons. The third-order valence-electron chi connectivity index (χ3n) is 6.23. The minimum Gasteiger partial charge on any atom is -0.447 e. The molecule has 0 spiro atoms. The zero-order valence-corrected chi connectivity index (χ0v) is 19.5. The molecule has 1 saturated heterocycles. The molecule has 7 nitrogen and oxygen atoms in total. The summed E-state index contributed by atoms with van der Waals surface area (Å²) in [6.07, 6.45) is 1.39. The maximum absolute atomic E-state index is 13.8. The summed E-state index contributed by atoms with van der Waals surface area (Å²) in [6, 6.07) is 16.6. The van der Waals surface area contributed by atoms with Gasteiger partial charge in [-0.2, -0.15) is 0 Å². The van der Waals surface area contributed by atoms with E-state index in [1.807, 2.05) is 24.3 Å². The quantitative estimate of drug-likeness (QED) is 0.531. The first kappa shape index (κ1) is 23.6. The van der Waals surface area contributed by atoms with E-state index in [0.29, 0.717) is 45.2 Å². The van der Waals surface area contributed by atoms with Gasteiger partial charge in [0.1, 0.15) is 12.1 Å². The lowest BCUT2D eigenvalue weighted by atomic mass is 10.1. The SMILES string of the molecule is CC(=O)N1CCN(C(=O)c2coc(CN(Cc3cccc(F)c3)C(C)c3ccccc3)n2)CC1. The second kappa shape index (κ2) is 10.6. The lowest BCUT2D eigenvalue weighted by molar-refractivity contribution is -0.130. The maximum Gasteiger partial charge on any atom is 0.275 e. The second-order valence-electron chi connectivity index (χ2n) is 8.55. The van der Waals surface area contributed by atoms with E-state index in [9.17, 15) is 14.0 Å². The van der Waals surface area contributed by atoms with Crippen LogP contribution in [0.4, 0.5) is 4.39 Å². The summed E-state index contributed by atoms with van der Waals surface area (Å²) in [5, 5.41) is 0. The van der Waals surface area contributed by atoms with Gasteiger partial charge in [-0.3, -0.25) is 14.5 Å². The van der Waals surface area contributed by atoms with Crippen molar-refractivity contribution in [3.63, 3.8) is 0 Å². The van der Waals surface area contributed by atoms with E-state index in [0.717, 1.165) is 11.1 Å². The Morgan fingerprint density at radius 2 is 1.74 bits per heavy atom. The molecule has 1 unspecified atom stereocenters. The highest BCUT2D eigenvalue weighted by Gasteiger charge is 2.26. The van der Waals surface area contributed by atoms with E-state index < -0.39 is 0 Å². The maximum atomic E-state index is 13.8. The molecular weight excluding hydrogens is 435 g/mol. The highest BCUT2D eigenvalue weighted by Crippen LogP contribution is 2.25. The lowest BCUT2D eigenvalue weighted by Crippen LogP contribution is -2.50. The van der Waals surface area contributed by atoms with Crippen molar-refractivity contribution in [3.8, 4) is 0 Å². The van der Waals surface area contributed by atoms with Crippen molar-refractivity contribution >= 4 is 11.8 Å². The van der Waals surface area contributed by atoms with Crippen molar-refractivity contribution < 1.29 is 18.4 Å². The van der Waals surface area contributed by atoms with Crippen molar-refractivity contribution in [1.29, 1.82) is 0 Å². The van der Waals surface area contributed by atoms with E-state index >= 15 is 0 Å². The van der Waals surface area contributed by atoms with Crippen LogP contribution >= 0.6 is 0 Å². The van der Waals surface area contributed by atoms with Crippen LogP contribution in [0.15, 0.2) is 65.3 Å². The smallest absolute Gasteiger partial charge is 0.275 e. The molecule has 2 aromatic carbocycles. The van der Waals surface area contributed by atoms with E-state index in [1.165, 1.54) is 25.3 Å². The van der Waals surface area contributed by atoms with Gasteiger partial charge in [0.2, 0.25) is 11.8 Å². The summed E-state index contributed by atoms with van der Waals surface area (Å²) in [7, 11) is 0. The van der Waals surface area contributed by atoms with Gasteiger partial charge >= 0.3 is 0 Å². The Morgan fingerprint density at radius 1 is 1.03 bits per heavy atom. The van der Waals surface area contributed by atoms with Crippen LogP contribution in [0.1, 0.15) is 47.4 Å². The van der Waals surface area contributed by atoms with Crippen LogP contribution in [0.5, 0.6) is 0 Å². The van der Waals surface area contributed by atoms with E-state index in [1.54, 1.807) is 15.9 Å². The first-order chi connectivity index (χ1) is 16.4. The summed E-state index contributed by atoms with van der Waals surface area (Å²) < 4.78 is 19.5. The van der Waals surface area contributed by atoms with Crippen LogP contribution in [0.3, 0.4) is 0 Å². The van der Waals surface area contributed by atoms with Crippen molar-refractivity contribution in [3.05, 3.63) is 89.4 Å². The number of rotatable bonds is 7. The first-order valence-electron chi connectivity index (χ1n) is 11.4. The molecule has 1 fully saturated rings. The van der Waals surface area contributed by atoms with Crippen LogP contribution in [0.25, 0.3) is 0 Å². The Bertz CT molecular complexity index is 1130. The first-order valence-corrected chi connectivity index (χ1v) is 11.4. The summed E-state index contributed by atoms with van der Waals surface area (Å²) in [5.74, 6) is -0.0451. The number of halogens is 1. The standard InChI is InChI=1S/C26H29FN4O3/c1-19(22-8-4-3-5-9-22)31(16-21-7-6-10-23(27)15-21)17-25-28-24(18-34-25)26(33)30-13-11-29(12-14-30)20(2)32/h3-10,15,18-19H,11-14,16-17H2,1-2H3. The molecule has 2 amide bonds. The van der Waals surface area contributed by atoms with Crippen LogP contribution in [-0.2, 0) is 17.9 Å². The van der Waals surface area contributed by atoms with Gasteiger partial charge in [0, 0.05) is 45.7 Å². The van der Waals surface area contributed by atoms with Crippen LogP contribution in [-0.4, -0.2) is 57.7 Å². The number of aromatic nitrogens is 1. The third kappa shape index (κ3) is 5.69. The fraction of sp³-hybridized carbons (Fsp3) is 0.346. The Balaban J connectivity index is 1.48. The van der Waals surface area contributed by atoms with Gasteiger partial charge in [-0.05, 0) is 30.2 Å². The normalized spacial score (nSPS) is 14.9. The van der Waals surface area contributed by atoms with Crippen molar-refractivity contribution in [2.24, 2.45) is 0 Å². The molecule has 1 aliphatic heterocycles. The number of hydrogen-bond donors (Lipinski definition) is 0. The fourth-order valence-electron chi connectivity index (χ4n) is 4.18. The van der Waals surface area contributed by atoms with Crippen molar-refractivity contribution in [1.82, 2.24) is 19.7 Å². The highest BCUT2D eigenvalue weighted by atomic mass is 19.1. The highest BCUT2D eigenvalue weighted by molar-refractivity contribution is 5.92. The molecule has 1 atom stereocenters. The lowest BCUT2D eigenvalue weighted by Gasteiger charge is -2.33. The number of oxazole rings is 1. The molecule has 34 heavy (non-hydrogen) atoms. The summed E-state index contributed by atoms with van der Waals surface area (Å²) in [5.41, 5.74) is 2.21. The fourth-order valence-corrected chi connectivity index (χ4v) is 4.18. The largest absolute Gasteiger partial charge is 0.447 e. The van der Waals surface area contributed by atoms with Gasteiger partial charge in [-0.15, -0.1) is 0 Å². The zero-order chi connectivity index (χ0) is 24.1. The molecule has 0 radical (unpaired) electrons. The summed E-state index contributed by atoms with van der Waals surface area (Å²) in [4.78, 5) is 34.4. The molecule has 1 aromatic heterocycles. The van der Waals surface area contributed by atoms with Gasteiger partial charge < -0.3 is 14.2 Å². The minimum absolute atomic E-state index is 0.00942. The number of nitrogens with zero attached hydrogens (tertiary/aromatic N) is 4. The molecule has 0 aliphatic carbocycles. The number of hydrogen-bond acceptors (Lipinski definition) is 5. The van der Waals surface area contributed by atoms with Gasteiger partial charge in [0.05, 0.1) is 6.54 Å². The molecule has 2 heterocycles. The number of carbonyl (C=O) groups excluding carboxylic acids is 2. The Labute approximate surface area is 198 Å². The topological polar surface area (TPSA) is 69.9 Å². The van der Waals surface area contributed by atoms with E-state index in [2.05, 4.69) is 28.9 Å². The van der Waals surface area contributed by atoms with Gasteiger partial charge in [-0.25, -0.2) is 9.37 Å². The minimum atomic E-state index is -0.279. The Morgan fingerprint density at radius 3 is 2.41 bits per heavy atom. The third-order valence-corrected chi connectivity index (χ3v) is 6.23. The van der Waals surface area contributed by atoms with Gasteiger partial charge in [0.25, 0.3) is 5.91 Å². The number of carbonyl (C=O) groups is 2. The predicted octanol–water partition coefficient (Wildman–Crippen LogP) is 3.88. The molecule has 8 heteroatoms. The number of benzene rings is 2. The molecule has 0 saturated carbocycles. The monoisotopic (exact) mass is 464 g/mol. The van der Waals surface area contributed by atoms with Crippen LogP contribution in [0, 0.1) is 5.82 Å². The van der Waals surface area contributed by atoms with Crippen molar-refractivity contribution in [2.45, 2.75) is 33.0 Å². The average molecular weight is 465 g/mol. The predicted molar refractivity (Wildman–Crippen MR) is 125 cm³/mol. The number of piperazine rings is 1. The second-order valence-corrected chi connectivity index (χ2v) is 8.55. The number of amides is 2. The van der Waals surface area contributed by atoms with Crippen LogP contribution < -0.4 is 0 Å². The Kier molecular flexibility index (Phi) is 7.37. The van der Waals surface area contributed by atoms with Crippen molar-refractivity contribution in [2.75, 3.05) is 26.2 Å². The average Bonchev–Trinajstić information content (AvgIpc) is 3.32. The van der Waals surface area contributed by atoms with Crippen LogP contribution in [0.2, 0.25) is 0 Å². The Hall–Kier alpha value is -3.52. The molecule has 4 rings (SSSR count). The summed E-state index contributed by atoms with van der Waals surface area (Å²) >= 11 is 0. The van der Waals surface area contributed by atoms with Gasteiger partial charge in [0.15, 0.2) is 5.69 Å². The zero-order valence-electron chi connectivity index (χ0n) is 19.5. The molecular formula is C26H29FN4O3. The van der Waals surface area contributed by atoms with E-state index in [-0.39, 0.29) is 29.4 Å². The van der Waals surface area contributed by atoms with Gasteiger partial charge in [-0.1, -0.05) is 42.5 Å². The summed E-state index contributed by atoms with van der Waals surface area (Å²) in [6.45, 7) is 6.44. The molecule has 0 bridgehead atoms.